The molecular formula is C120H71BN4O3. The molecule has 0 saturated carbocycles. The van der Waals surface area contributed by atoms with Crippen molar-refractivity contribution in [1.82, 2.24) is 8.97 Å². The number of anilines is 6. The molecule has 20 aromatic carbocycles. The molecule has 0 fully saturated rings. The predicted octanol–water partition coefficient (Wildman–Crippen LogP) is 31.1. The van der Waals surface area contributed by atoms with Gasteiger partial charge in [-0.2, -0.15) is 0 Å². The number of rotatable bonds is 11. The maximum atomic E-state index is 10.1. The maximum Gasteiger partial charge on any atom is 0.252 e. The third kappa shape index (κ3) is 10.3. The molecule has 0 saturated heterocycles. The van der Waals surface area contributed by atoms with Crippen LogP contribution in [0.5, 0.6) is 0 Å². The average Bonchev–Trinajstić information content (AvgIpc) is 0.996. The van der Waals surface area contributed by atoms with E-state index in [0.29, 0.717) is 17.0 Å². The van der Waals surface area contributed by atoms with Crippen molar-refractivity contribution < 1.29 is 24.2 Å². The van der Waals surface area contributed by atoms with E-state index >= 15 is 0 Å². The molecule has 7 nitrogen and oxygen atoms in total. The zero-order valence-electron chi connectivity index (χ0n) is 76.5. The first-order valence-electron chi connectivity index (χ1n) is 47.4. The van der Waals surface area contributed by atoms with E-state index in [1.807, 2.05) is 54.6 Å². The number of aromatic nitrogens is 2. The van der Waals surface area contributed by atoms with E-state index in [-0.39, 0.29) is 21.8 Å². The topological polar surface area (TPSA) is 55.2 Å². The van der Waals surface area contributed by atoms with Gasteiger partial charge in [-0.15, -0.1) is 0 Å². The van der Waals surface area contributed by atoms with Crippen LogP contribution < -0.4 is 26.2 Å². The van der Waals surface area contributed by atoms with Crippen LogP contribution in [0, 0.1) is 0 Å². The number of nitrogens with zero attached hydrogens (tertiary/aromatic N) is 4. The van der Waals surface area contributed by atoms with Gasteiger partial charge in [0.25, 0.3) is 6.71 Å². The van der Waals surface area contributed by atoms with Crippen LogP contribution in [0.4, 0.5) is 34.1 Å². The lowest BCUT2D eigenvalue weighted by Crippen LogP contribution is -2.61. The van der Waals surface area contributed by atoms with Crippen molar-refractivity contribution >= 4 is 183 Å². The van der Waals surface area contributed by atoms with Crippen molar-refractivity contribution in [2.45, 2.75) is 0 Å². The largest absolute Gasteiger partial charge is 0.456 e. The van der Waals surface area contributed by atoms with Gasteiger partial charge in [0.1, 0.15) is 33.5 Å². The normalized spacial score (nSPS) is 13.5. The van der Waals surface area contributed by atoms with E-state index in [9.17, 15) is 11.0 Å². The molecule has 0 radical (unpaired) electrons. The molecule has 0 amide bonds. The van der Waals surface area contributed by atoms with E-state index in [1.165, 1.54) is 16.3 Å². The molecule has 128 heavy (non-hydrogen) atoms. The van der Waals surface area contributed by atoms with E-state index in [2.05, 4.69) is 342 Å². The minimum atomic E-state index is -0.665. The lowest BCUT2D eigenvalue weighted by atomic mass is 9.33. The highest BCUT2D eigenvalue weighted by molar-refractivity contribution is 7.00. The van der Waals surface area contributed by atoms with Crippen molar-refractivity contribution in [3.63, 3.8) is 0 Å². The van der Waals surface area contributed by atoms with Gasteiger partial charge in [0.05, 0.1) is 49.9 Å². The third-order valence-electron chi connectivity index (χ3n) is 27.1. The molecular weight excluding hydrogens is 1560 g/mol. The molecule has 0 N–H and O–H groups in total. The molecule has 8 heteroatoms. The van der Waals surface area contributed by atoms with Gasteiger partial charge < -0.3 is 32.0 Å². The van der Waals surface area contributed by atoms with Gasteiger partial charge in [0, 0.05) is 126 Å². The van der Waals surface area contributed by atoms with Gasteiger partial charge in [0.15, 0.2) is 0 Å². The Morgan fingerprint density at radius 2 is 0.625 bits per heavy atom. The number of benzene rings is 20. The first-order chi connectivity index (χ1) is 66.8. The fraction of sp³-hybridized carbons (Fsp3) is 0. The van der Waals surface area contributed by atoms with Crippen molar-refractivity contribution in [3.05, 3.63) is 431 Å². The van der Waals surface area contributed by atoms with Crippen LogP contribution in [0.2, 0.25) is 0 Å². The number of fused-ring (bicyclic) bond motifs is 22. The molecule has 6 aromatic heterocycles. The van der Waals surface area contributed by atoms with Crippen molar-refractivity contribution in [2.24, 2.45) is 0 Å². The van der Waals surface area contributed by atoms with Crippen LogP contribution in [0.25, 0.3) is 220 Å². The van der Waals surface area contributed by atoms with Crippen molar-refractivity contribution in [3.8, 4) is 94.7 Å². The second-order valence-corrected chi connectivity index (χ2v) is 33.8. The summed E-state index contributed by atoms with van der Waals surface area (Å²) in [5.41, 5.74) is 30.3. The number of hydrogen-bond donors (Lipinski definition) is 0. The number of para-hydroxylation sites is 9. The van der Waals surface area contributed by atoms with Gasteiger partial charge in [-0.3, -0.25) is 0 Å². The van der Waals surface area contributed by atoms with Gasteiger partial charge in [0.2, 0.25) is 0 Å². The summed E-state index contributed by atoms with van der Waals surface area (Å²) in [4.78, 5) is 5.01. The SMILES string of the molecule is [2H]c1c([2H])c([2H])c2c(c1[2H])c1c([2H])c([2H])c([2H])c([2H])c1n2-c1ccc2c(c1)N(c1c(-c3ccccc3)cc(-c3ccccc3)cc1-c1cccc3c1oc1ccccc13)c1cc(-c3ccc4oc5ccccc5c4c3)cc3c1B2c1ccc(-c2ccc4c(c2)c2cccc5c6ccccc6n4c52)cc1N3c1c(-c2ccccc2)cc(-c2ccccc2)cc1-c1cccc2c1oc1ccccc12. The molecule has 0 bridgehead atoms. The number of hydrogen-bond acceptors (Lipinski definition) is 5. The minimum absolute atomic E-state index is 0.00473. The Morgan fingerprint density at radius 1 is 0.227 bits per heavy atom. The first-order valence-corrected chi connectivity index (χ1v) is 43.4. The zero-order chi connectivity index (χ0) is 90.5. The molecule has 8 heterocycles. The maximum absolute atomic E-state index is 10.1. The first kappa shape index (κ1) is 63.1. The Balaban J connectivity index is 0.833. The fourth-order valence-corrected chi connectivity index (χ4v) is 21.5. The summed E-state index contributed by atoms with van der Waals surface area (Å²) >= 11 is 0. The Morgan fingerprint density at radius 3 is 1.21 bits per heavy atom. The minimum Gasteiger partial charge on any atom is -0.456 e. The van der Waals surface area contributed by atoms with Crippen LogP contribution in [0.1, 0.15) is 11.0 Å². The van der Waals surface area contributed by atoms with Crippen LogP contribution in [-0.2, 0) is 0 Å². The molecule has 2 aliphatic heterocycles. The lowest BCUT2D eigenvalue weighted by molar-refractivity contribution is 0.669. The Kier molecular flexibility index (Phi) is 13.4. The molecule has 26 aromatic rings. The van der Waals surface area contributed by atoms with E-state index in [0.717, 1.165) is 216 Å². The average molecular weight is 1640 g/mol. The summed E-state index contributed by atoms with van der Waals surface area (Å²) in [7, 11) is 0. The molecule has 592 valence electrons. The second kappa shape index (κ2) is 27.3. The molecule has 28 rings (SSSR count). The second-order valence-electron chi connectivity index (χ2n) is 33.8. The third-order valence-corrected chi connectivity index (χ3v) is 27.1. The highest BCUT2D eigenvalue weighted by atomic mass is 16.3. The van der Waals surface area contributed by atoms with E-state index in [4.69, 9.17) is 13.3 Å². The molecule has 0 unspecified atom stereocenters. The van der Waals surface area contributed by atoms with Gasteiger partial charge in [-0.05, 0) is 187 Å². The smallest absolute Gasteiger partial charge is 0.252 e. The summed E-state index contributed by atoms with van der Waals surface area (Å²) in [5, 5.41) is 10.3. The van der Waals surface area contributed by atoms with Crippen LogP contribution in [0.15, 0.2) is 444 Å². The van der Waals surface area contributed by atoms with Gasteiger partial charge in [-0.1, -0.05) is 315 Å². The van der Waals surface area contributed by atoms with E-state index in [1.54, 1.807) is 4.57 Å². The van der Waals surface area contributed by atoms with Crippen LogP contribution >= 0.6 is 0 Å². The molecule has 0 atom stereocenters. The number of furan rings is 3. The van der Waals surface area contributed by atoms with Crippen LogP contribution in [0.3, 0.4) is 0 Å². The summed E-state index contributed by atoms with van der Waals surface area (Å²) < 4.78 is 103. The zero-order valence-corrected chi connectivity index (χ0v) is 68.5. The highest BCUT2D eigenvalue weighted by Crippen LogP contribution is 2.58. The van der Waals surface area contributed by atoms with Crippen molar-refractivity contribution in [1.29, 1.82) is 0 Å². The monoisotopic (exact) mass is 1630 g/mol. The Hall–Kier alpha value is -16.9. The van der Waals surface area contributed by atoms with E-state index < -0.39 is 55.1 Å². The quantitative estimate of drug-likeness (QED) is 0.121. The predicted molar refractivity (Wildman–Crippen MR) is 535 cm³/mol. The summed E-state index contributed by atoms with van der Waals surface area (Å²) in [6.45, 7) is -0.665. The Bertz CT molecular complexity index is 9630. The summed E-state index contributed by atoms with van der Waals surface area (Å²) in [6, 6.07) is 133. The summed E-state index contributed by atoms with van der Waals surface area (Å²) in [6.07, 6.45) is 0. The molecule has 0 spiro atoms. The highest BCUT2D eigenvalue weighted by Gasteiger charge is 2.47. The molecule has 0 aliphatic carbocycles. The van der Waals surface area contributed by atoms with Crippen molar-refractivity contribution in [2.75, 3.05) is 9.80 Å². The standard InChI is InChI=1S/C120H71BN4O3/c1-5-28-72(29-6-1)79-64-95(74-32-9-3-10-33-74)117(99(66-79)93-46-26-44-91-86-39-16-23-52-112(86)127-119(91)93)124-107-68-78(76-55-60-106-97(62-76)90-43-25-42-89-85-38-15-21-50-105(85)123(106)116(89)90)54-58-101(107)121-102-59-57-82(122-103-48-19-13-36-83(103)84-37-14-20-49-104(84)122)71-108(102)125(110-70-81(69-109(124)115(110)121)77-56-61-114-98(63-77)88-41-18-22-51-111(88)126-114)118-96(75-34-11-4-12-35-75)65-80(73-30-7-2-8-31-73)67-100(118)94-47-27-45-92-87-40-17-24-53-113(87)128-120(92)94/h1-71H/i13D,14D,19D,20D,36D,37D,48D,49D. The molecule has 2 aliphatic rings. The van der Waals surface area contributed by atoms with Crippen LogP contribution in [-0.4, -0.2) is 15.7 Å². The lowest BCUT2D eigenvalue weighted by Gasteiger charge is -2.46. The van der Waals surface area contributed by atoms with Gasteiger partial charge in [-0.25, -0.2) is 0 Å². The fourth-order valence-electron chi connectivity index (χ4n) is 21.5. The summed E-state index contributed by atoms with van der Waals surface area (Å²) in [5.74, 6) is 0. The van der Waals surface area contributed by atoms with Gasteiger partial charge >= 0.3 is 0 Å². The Labute approximate surface area is 746 Å².